The van der Waals surface area contributed by atoms with Crippen molar-refractivity contribution in [3.63, 3.8) is 0 Å². The van der Waals surface area contributed by atoms with Crippen LogP contribution in [-0.2, 0) is 9.53 Å². The summed E-state index contributed by atoms with van der Waals surface area (Å²) in [4.78, 5) is 27.6. The number of methoxy groups -OCH3 is 1. The van der Waals surface area contributed by atoms with Crippen LogP contribution in [-0.4, -0.2) is 28.7 Å². The Balaban J connectivity index is 2.46. The predicted molar refractivity (Wildman–Crippen MR) is 79.1 cm³/mol. The first-order valence-electron chi connectivity index (χ1n) is 6.45. The number of hydrogen-bond donors (Lipinski definition) is 0. The highest BCUT2D eigenvalue weighted by Crippen LogP contribution is 2.17. The van der Waals surface area contributed by atoms with Gasteiger partial charge in [0.25, 0.3) is 5.56 Å². The van der Waals surface area contributed by atoms with E-state index >= 15 is 0 Å². The number of hydrogen-bond acceptors (Lipinski definition) is 5. The van der Waals surface area contributed by atoms with E-state index in [0.29, 0.717) is 16.7 Å². The fourth-order valence-corrected chi connectivity index (χ4v) is 1.78. The Kier molecular flexibility index (Phi) is 4.37. The summed E-state index contributed by atoms with van der Waals surface area (Å²) in [6, 6.07) is 5.14. The van der Waals surface area contributed by atoms with Crippen LogP contribution in [0.25, 0.3) is 17.1 Å². The zero-order valence-electron chi connectivity index (χ0n) is 12.1. The summed E-state index contributed by atoms with van der Waals surface area (Å²) >= 11 is 0. The van der Waals surface area contributed by atoms with Crippen LogP contribution in [0.5, 0.6) is 5.75 Å². The fourth-order valence-electron chi connectivity index (χ4n) is 1.78. The first-order chi connectivity index (χ1) is 10.0. The third kappa shape index (κ3) is 3.47. The molecule has 0 N–H and O–H groups in total. The van der Waals surface area contributed by atoms with Gasteiger partial charge in [0.1, 0.15) is 12.1 Å². The van der Waals surface area contributed by atoms with Crippen molar-refractivity contribution in [2.75, 3.05) is 7.11 Å². The van der Waals surface area contributed by atoms with Crippen molar-refractivity contribution in [1.29, 1.82) is 0 Å². The van der Waals surface area contributed by atoms with Crippen LogP contribution in [0.15, 0.2) is 35.4 Å². The molecule has 0 aliphatic carbocycles. The SMILES string of the molecule is COC(=O)/C=C/n1cnc2ccc(OC(C)C)cc2c1=O. The van der Waals surface area contributed by atoms with Crippen molar-refractivity contribution >= 4 is 23.1 Å². The summed E-state index contributed by atoms with van der Waals surface area (Å²) in [5.41, 5.74) is 0.285. The Morgan fingerprint density at radius 1 is 1.38 bits per heavy atom. The second kappa shape index (κ2) is 6.21. The van der Waals surface area contributed by atoms with Crippen LogP contribution in [0.1, 0.15) is 13.8 Å². The van der Waals surface area contributed by atoms with Crippen LogP contribution >= 0.6 is 0 Å². The first-order valence-corrected chi connectivity index (χ1v) is 6.45. The highest BCUT2D eigenvalue weighted by Gasteiger charge is 2.06. The minimum absolute atomic E-state index is 0.0144. The molecule has 2 aromatic rings. The Morgan fingerprint density at radius 3 is 2.81 bits per heavy atom. The summed E-state index contributed by atoms with van der Waals surface area (Å²) in [5.74, 6) is 0.0602. The third-order valence-electron chi connectivity index (χ3n) is 2.70. The topological polar surface area (TPSA) is 70.4 Å². The van der Waals surface area contributed by atoms with E-state index in [0.717, 1.165) is 6.08 Å². The van der Waals surface area contributed by atoms with Crippen LogP contribution in [0.2, 0.25) is 0 Å². The lowest BCUT2D eigenvalue weighted by molar-refractivity contribution is -0.134. The maximum Gasteiger partial charge on any atom is 0.331 e. The van der Waals surface area contributed by atoms with E-state index in [2.05, 4.69) is 9.72 Å². The van der Waals surface area contributed by atoms with Gasteiger partial charge in [0.05, 0.1) is 24.1 Å². The van der Waals surface area contributed by atoms with Crippen molar-refractivity contribution in [2.45, 2.75) is 20.0 Å². The number of fused-ring (bicyclic) bond motifs is 1. The molecule has 0 fully saturated rings. The summed E-state index contributed by atoms with van der Waals surface area (Å²) in [7, 11) is 1.27. The van der Waals surface area contributed by atoms with Gasteiger partial charge in [-0.15, -0.1) is 0 Å². The van der Waals surface area contributed by atoms with Crippen molar-refractivity contribution in [1.82, 2.24) is 9.55 Å². The molecule has 110 valence electrons. The third-order valence-corrected chi connectivity index (χ3v) is 2.70. The minimum Gasteiger partial charge on any atom is -0.491 e. The van der Waals surface area contributed by atoms with Crippen LogP contribution in [0.3, 0.4) is 0 Å². The zero-order valence-corrected chi connectivity index (χ0v) is 12.1. The molecule has 0 aliphatic rings. The molecule has 0 amide bonds. The van der Waals surface area contributed by atoms with Gasteiger partial charge in [-0.05, 0) is 32.0 Å². The van der Waals surface area contributed by atoms with Gasteiger partial charge in [0.2, 0.25) is 0 Å². The predicted octanol–water partition coefficient (Wildman–Crippen LogP) is 1.83. The van der Waals surface area contributed by atoms with E-state index in [9.17, 15) is 9.59 Å². The lowest BCUT2D eigenvalue weighted by Crippen LogP contribution is -2.16. The molecule has 0 saturated carbocycles. The molecule has 0 spiro atoms. The Hall–Kier alpha value is -2.63. The Bertz CT molecular complexity index is 747. The monoisotopic (exact) mass is 288 g/mol. The van der Waals surface area contributed by atoms with Gasteiger partial charge in [-0.25, -0.2) is 9.78 Å². The summed E-state index contributed by atoms with van der Waals surface area (Å²) in [6.07, 6.45) is 3.84. The number of carbonyl (C=O) groups is 1. The minimum atomic E-state index is -0.543. The fraction of sp³-hybridized carbons (Fsp3) is 0.267. The molecule has 1 heterocycles. The molecule has 0 aliphatic heterocycles. The van der Waals surface area contributed by atoms with E-state index in [1.807, 2.05) is 13.8 Å². The number of ether oxygens (including phenoxy) is 2. The largest absolute Gasteiger partial charge is 0.491 e. The van der Waals surface area contributed by atoms with Gasteiger partial charge < -0.3 is 9.47 Å². The van der Waals surface area contributed by atoms with E-state index in [1.54, 1.807) is 18.2 Å². The average molecular weight is 288 g/mol. The van der Waals surface area contributed by atoms with Gasteiger partial charge in [0.15, 0.2) is 0 Å². The van der Waals surface area contributed by atoms with Crippen LogP contribution in [0, 0.1) is 0 Å². The second-order valence-electron chi connectivity index (χ2n) is 4.64. The molecule has 0 radical (unpaired) electrons. The molecule has 21 heavy (non-hydrogen) atoms. The van der Waals surface area contributed by atoms with E-state index < -0.39 is 5.97 Å². The summed E-state index contributed by atoms with van der Waals surface area (Å²) in [6.45, 7) is 3.82. The van der Waals surface area contributed by atoms with Gasteiger partial charge in [-0.2, -0.15) is 0 Å². The number of rotatable bonds is 4. The van der Waals surface area contributed by atoms with E-state index in [1.165, 1.54) is 24.2 Å². The van der Waals surface area contributed by atoms with Crippen molar-refractivity contribution in [2.24, 2.45) is 0 Å². The molecular weight excluding hydrogens is 272 g/mol. The van der Waals surface area contributed by atoms with Gasteiger partial charge in [-0.3, -0.25) is 9.36 Å². The standard InChI is InChI=1S/C15H16N2O4/c1-10(2)21-11-4-5-13-12(8-11)15(19)17(9-16-13)7-6-14(18)20-3/h4-10H,1-3H3/b7-6+. The van der Waals surface area contributed by atoms with Gasteiger partial charge in [0, 0.05) is 12.3 Å². The summed E-state index contributed by atoms with van der Waals surface area (Å²) < 4.78 is 11.3. The number of aromatic nitrogens is 2. The van der Waals surface area contributed by atoms with Gasteiger partial charge in [-0.1, -0.05) is 0 Å². The maximum absolute atomic E-state index is 12.3. The van der Waals surface area contributed by atoms with Crippen molar-refractivity contribution < 1.29 is 14.3 Å². The Labute approximate surface area is 121 Å². The highest BCUT2D eigenvalue weighted by atomic mass is 16.5. The smallest absolute Gasteiger partial charge is 0.331 e. The second-order valence-corrected chi connectivity index (χ2v) is 4.64. The molecule has 6 nitrogen and oxygen atoms in total. The maximum atomic E-state index is 12.3. The number of benzene rings is 1. The molecule has 0 saturated heterocycles. The molecular formula is C15H16N2O4. The lowest BCUT2D eigenvalue weighted by atomic mass is 10.2. The highest BCUT2D eigenvalue weighted by molar-refractivity contribution is 5.85. The van der Waals surface area contributed by atoms with E-state index in [4.69, 9.17) is 4.74 Å². The molecule has 6 heteroatoms. The average Bonchev–Trinajstić information content (AvgIpc) is 2.46. The molecule has 1 aromatic heterocycles. The van der Waals surface area contributed by atoms with Crippen molar-refractivity contribution in [3.8, 4) is 5.75 Å². The first kappa shape index (κ1) is 14.8. The molecule has 0 bridgehead atoms. The number of esters is 1. The molecule has 0 atom stereocenters. The number of carbonyl (C=O) groups excluding carboxylic acids is 1. The quantitative estimate of drug-likeness (QED) is 0.634. The zero-order chi connectivity index (χ0) is 15.4. The molecule has 1 aromatic carbocycles. The normalized spacial score (nSPS) is 11.2. The van der Waals surface area contributed by atoms with E-state index in [-0.39, 0.29) is 11.7 Å². The molecule has 0 unspecified atom stereocenters. The van der Waals surface area contributed by atoms with Crippen LogP contribution < -0.4 is 10.3 Å². The van der Waals surface area contributed by atoms with Gasteiger partial charge >= 0.3 is 5.97 Å². The molecule has 2 rings (SSSR count). The number of nitrogens with zero attached hydrogens (tertiary/aromatic N) is 2. The van der Waals surface area contributed by atoms with Crippen molar-refractivity contribution in [3.05, 3.63) is 41.0 Å². The Morgan fingerprint density at radius 2 is 2.14 bits per heavy atom. The summed E-state index contributed by atoms with van der Waals surface area (Å²) in [5, 5.41) is 0.421. The van der Waals surface area contributed by atoms with Crippen LogP contribution in [0.4, 0.5) is 0 Å². The lowest BCUT2D eigenvalue weighted by Gasteiger charge is -2.10.